The van der Waals surface area contributed by atoms with Gasteiger partial charge in [0.15, 0.2) is 5.96 Å². The minimum atomic E-state index is -0.0723. The molecule has 1 rings (SSSR count). The smallest absolute Gasteiger partial charge is 0.192 e. The maximum Gasteiger partial charge on any atom is 0.192 e. The van der Waals surface area contributed by atoms with Crippen LogP contribution in [-0.2, 0) is 0 Å². The highest BCUT2D eigenvalue weighted by molar-refractivity contribution is 6.38. The summed E-state index contributed by atoms with van der Waals surface area (Å²) in [5.41, 5.74) is 10.7. The number of guanidine groups is 1. The van der Waals surface area contributed by atoms with Gasteiger partial charge in [0.2, 0.25) is 0 Å². The molecule has 6 heteroatoms. The van der Waals surface area contributed by atoms with Crippen LogP contribution < -0.4 is 11.5 Å². The summed E-state index contributed by atoms with van der Waals surface area (Å²) in [7, 11) is 0. The van der Waals surface area contributed by atoms with E-state index in [9.17, 15) is 0 Å². The van der Waals surface area contributed by atoms with Crippen LogP contribution in [0.1, 0.15) is 0 Å². The zero-order valence-corrected chi connectivity index (χ0v) is 8.63. The number of hydrogen-bond acceptors (Lipinski definition) is 1. The third-order valence-corrected chi connectivity index (χ3v) is 1.94. The Morgan fingerprint density at radius 1 is 1.21 bits per heavy atom. The standard InChI is InChI=1S/C8H8Cl2N4/c9-5-2-1-3-6(10)7(5)13-4-14-8(11)12/h1-4H,(H4,11,12,13,14). The first kappa shape index (κ1) is 10.8. The number of hydrogen-bond donors (Lipinski definition) is 2. The molecule has 4 N–H and O–H groups in total. The van der Waals surface area contributed by atoms with Crippen LogP contribution in [0.4, 0.5) is 5.69 Å². The molecule has 0 bridgehead atoms. The zero-order valence-electron chi connectivity index (χ0n) is 7.11. The van der Waals surface area contributed by atoms with Crippen molar-refractivity contribution in [1.29, 1.82) is 0 Å². The van der Waals surface area contributed by atoms with E-state index in [1.807, 2.05) is 0 Å². The van der Waals surface area contributed by atoms with Crippen molar-refractivity contribution in [2.24, 2.45) is 21.5 Å². The highest BCUT2D eigenvalue weighted by atomic mass is 35.5. The van der Waals surface area contributed by atoms with E-state index >= 15 is 0 Å². The molecule has 0 aliphatic rings. The zero-order chi connectivity index (χ0) is 10.6. The van der Waals surface area contributed by atoms with E-state index in [1.165, 1.54) is 6.34 Å². The first-order chi connectivity index (χ1) is 6.61. The Morgan fingerprint density at radius 3 is 2.29 bits per heavy atom. The highest BCUT2D eigenvalue weighted by Crippen LogP contribution is 2.32. The van der Waals surface area contributed by atoms with Crippen LogP contribution in [0.3, 0.4) is 0 Å². The van der Waals surface area contributed by atoms with E-state index in [4.69, 9.17) is 34.7 Å². The SMILES string of the molecule is NC(N)=NC=Nc1c(Cl)cccc1Cl. The van der Waals surface area contributed by atoms with Crippen LogP contribution in [0.25, 0.3) is 0 Å². The number of para-hydroxylation sites is 1. The van der Waals surface area contributed by atoms with Crippen molar-refractivity contribution in [2.75, 3.05) is 0 Å². The fraction of sp³-hybridized carbons (Fsp3) is 0. The van der Waals surface area contributed by atoms with Gasteiger partial charge in [-0.05, 0) is 12.1 Å². The Kier molecular flexibility index (Phi) is 3.73. The van der Waals surface area contributed by atoms with Gasteiger partial charge in [-0.3, -0.25) is 0 Å². The molecule has 1 aromatic rings. The Bertz CT molecular complexity index is 363. The molecule has 1 aromatic carbocycles. The van der Waals surface area contributed by atoms with E-state index in [-0.39, 0.29) is 5.96 Å². The topological polar surface area (TPSA) is 76.8 Å². The van der Waals surface area contributed by atoms with E-state index in [2.05, 4.69) is 9.98 Å². The van der Waals surface area contributed by atoms with Crippen molar-refractivity contribution in [2.45, 2.75) is 0 Å². The highest BCUT2D eigenvalue weighted by Gasteiger charge is 2.01. The third-order valence-electron chi connectivity index (χ3n) is 1.33. The second-order valence-electron chi connectivity index (χ2n) is 2.37. The third kappa shape index (κ3) is 2.90. The molecule has 0 saturated carbocycles. The van der Waals surface area contributed by atoms with Gasteiger partial charge >= 0.3 is 0 Å². The van der Waals surface area contributed by atoms with E-state index in [0.717, 1.165) is 0 Å². The summed E-state index contributed by atoms with van der Waals surface area (Å²) in [6, 6.07) is 5.08. The number of rotatable bonds is 2. The molecule has 0 spiro atoms. The van der Waals surface area contributed by atoms with E-state index in [0.29, 0.717) is 15.7 Å². The molecule has 14 heavy (non-hydrogen) atoms. The summed E-state index contributed by atoms with van der Waals surface area (Å²) < 4.78 is 0. The second kappa shape index (κ2) is 4.83. The molecule has 0 heterocycles. The molecular formula is C8H8Cl2N4. The molecule has 0 atom stereocenters. The molecule has 0 amide bonds. The van der Waals surface area contributed by atoms with Crippen LogP contribution >= 0.6 is 23.2 Å². The average Bonchev–Trinajstić information content (AvgIpc) is 2.09. The van der Waals surface area contributed by atoms with Gasteiger partial charge in [0.1, 0.15) is 12.0 Å². The molecule has 4 nitrogen and oxygen atoms in total. The number of halogens is 2. The fourth-order valence-electron chi connectivity index (χ4n) is 0.766. The van der Waals surface area contributed by atoms with Crippen LogP contribution in [0.2, 0.25) is 10.0 Å². The van der Waals surface area contributed by atoms with Crippen molar-refractivity contribution in [3.8, 4) is 0 Å². The number of nitrogens with zero attached hydrogens (tertiary/aromatic N) is 2. The fourth-order valence-corrected chi connectivity index (χ4v) is 1.26. The monoisotopic (exact) mass is 230 g/mol. The van der Waals surface area contributed by atoms with Crippen molar-refractivity contribution < 1.29 is 0 Å². The van der Waals surface area contributed by atoms with E-state index < -0.39 is 0 Å². The minimum absolute atomic E-state index is 0.0723. The van der Waals surface area contributed by atoms with Crippen molar-refractivity contribution in [1.82, 2.24) is 0 Å². The Hall–Kier alpha value is -1.26. The van der Waals surface area contributed by atoms with Crippen molar-refractivity contribution >= 4 is 41.2 Å². The molecule has 0 aliphatic carbocycles. The molecule has 0 aliphatic heterocycles. The normalized spacial score (nSPS) is 10.4. The van der Waals surface area contributed by atoms with Gasteiger partial charge in [0, 0.05) is 0 Å². The number of benzene rings is 1. The van der Waals surface area contributed by atoms with Crippen LogP contribution in [0, 0.1) is 0 Å². The van der Waals surface area contributed by atoms with Crippen LogP contribution in [0.15, 0.2) is 28.2 Å². The summed E-state index contributed by atoms with van der Waals surface area (Å²) in [4.78, 5) is 7.47. The molecule has 74 valence electrons. The summed E-state index contributed by atoms with van der Waals surface area (Å²) >= 11 is 11.7. The second-order valence-corrected chi connectivity index (χ2v) is 3.18. The predicted octanol–water partition coefficient (Wildman–Crippen LogP) is 1.93. The largest absolute Gasteiger partial charge is 0.370 e. The van der Waals surface area contributed by atoms with Crippen LogP contribution in [-0.4, -0.2) is 12.3 Å². The summed E-state index contributed by atoms with van der Waals surface area (Å²) in [5, 5.41) is 0.888. The molecule has 0 radical (unpaired) electrons. The van der Waals surface area contributed by atoms with Crippen LogP contribution in [0.5, 0.6) is 0 Å². The molecular weight excluding hydrogens is 223 g/mol. The summed E-state index contributed by atoms with van der Waals surface area (Å²) in [6.45, 7) is 0. The first-order valence-electron chi connectivity index (χ1n) is 3.66. The minimum Gasteiger partial charge on any atom is -0.370 e. The molecule has 0 unspecified atom stereocenters. The van der Waals surface area contributed by atoms with E-state index in [1.54, 1.807) is 18.2 Å². The lowest BCUT2D eigenvalue weighted by molar-refractivity contribution is 1.46. The lowest BCUT2D eigenvalue weighted by Gasteiger charge is -1.98. The Labute approximate surface area is 91.2 Å². The molecule has 0 fully saturated rings. The number of nitrogens with two attached hydrogens (primary N) is 2. The van der Waals surface area contributed by atoms with Gasteiger partial charge in [-0.1, -0.05) is 29.3 Å². The van der Waals surface area contributed by atoms with Gasteiger partial charge in [-0.25, -0.2) is 9.98 Å². The Morgan fingerprint density at radius 2 is 1.79 bits per heavy atom. The maximum atomic E-state index is 5.84. The summed E-state index contributed by atoms with van der Waals surface area (Å²) in [6.07, 6.45) is 1.20. The van der Waals surface area contributed by atoms with Gasteiger partial charge in [0.25, 0.3) is 0 Å². The first-order valence-corrected chi connectivity index (χ1v) is 4.42. The number of aliphatic imine (C=N–C) groups is 2. The predicted molar refractivity (Wildman–Crippen MR) is 60.4 cm³/mol. The van der Waals surface area contributed by atoms with Gasteiger partial charge < -0.3 is 11.5 Å². The summed E-state index contributed by atoms with van der Waals surface area (Å²) in [5.74, 6) is -0.0723. The lowest BCUT2D eigenvalue weighted by Crippen LogP contribution is -2.22. The van der Waals surface area contributed by atoms with Crippen molar-refractivity contribution in [3.63, 3.8) is 0 Å². The van der Waals surface area contributed by atoms with Gasteiger partial charge in [0.05, 0.1) is 10.0 Å². The maximum absolute atomic E-state index is 5.84. The van der Waals surface area contributed by atoms with Gasteiger partial charge in [-0.2, -0.15) is 0 Å². The van der Waals surface area contributed by atoms with Crippen molar-refractivity contribution in [3.05, 3.63) is 28.2 Å². The van der Waals surface area contributed by atoms with Gasteiger partial charge in [-0.15, -0.1) is 0 Å². The molecule has 0 saturated heterocycles. The molecule has 0 aromatic heterocycles. The Balaban J connectivity index is 2.97. The quantitative estimate of drug-likeness (QED) is 0.602. The lowest BCUT2D eigenvalue weighted by atomic mass is 10.3. The average molecular weight is 231 g/mol.